The van der Waals surface area contributed by atoms with E-state index < -0.39 is 0 Å². The van der Waals surface area contributed by atoms with Crippen LogP contribution < -0.4 is 0 Å². The van der Waals surface area contributed by atoms with Crippen LogP contribution in [0.15, 0.2) is 6.07 Å². The summed E-state index contributed by atoms with van der Waals surface area (Å²) in [6, 6.07) is 2.01. The molecule has 0 N–H and O–H groups in total. The van der Waals surface area contributed by atoms with Crippen molar-refractivity contribution in [2.75, 3.05) is 7.11 Å². The first-order valence-electron chi connectivity index (χ1n) is 5.54. The highest BCUT2D eigenvalue weighted by atomic mass is 16.5. The Labute approximate surface area is 96.6 Å². The molecule has 0 aliphatic heterocycles. The van der Waals surface area contributed by atoms with Crippen molar-refractivity contribution in [3.63, 3.8) is 0 Å². The van der Waals surface area contributed by atoms with Crippen molar-refractivity contribution in [1.82, 2.24) is 9.78 Å². The van der Waals surface area contributed by atoms with Gasteiger partial charge < -0.3 is 4.74 Å². The Hall–Kier alpha value is -1.32. The molecule has 0 aliphatic carbocycles. The van der Waals surface area contributed by atoms with E-state index in [1.165, 1.54) is 7.11 Å². The third-order valence-corrected chi connectivity index (χ3v) is 2.78. The van der Waals surface area contributed by atoms with Gasteiger partial charge in [0.25, 0.3) is 0 Å². The molecule has 0 aromatic carbocycles. The number of carbonyl (C=O) groups excluding carboxylic acids is 1. The number of methoxy groups -OCH3 is 1. The molecule has 90 valence electrons. The molecular weight excluding hydrogens is 204 g/mol. The number of aromatic nitrogens is 2. The van der Waals surface area contributed by atoms with Crippen LogP contribution in [0.4, 0.5) is 0 Å². The molecule has 0 fully saturated rings. The first-order valence-corrected chi connectivity index (χ1v) is 5.54. The van der Waals surface area contributed by atoms with Crippen molar-refractivity contribution in [3.05, 3.63) is 17.5 Å². The summed E-state index contributed by atoms with van der Waals surface area (Å²) in [5.74, 6) is -0.0538. The molecule has 1 atom stereocenters. The zero-order chi connectivity index (χ0) is 12.3. The molecule has 1 rings (SSSR count). The topological polar surface area (TPSA) is 44.1 Å². The lowest BCUT2D eigenvalue weighted by Gasteiger charge is -2.18. The number of carbonyl (C=O) groups is 1. The maximum Gasteiger partial charge on any atom is 0.310 e. The van der Waals surface area contributed by atoms with Gasteiger partial charge in [-0.25, -0.2) is 0 Å². The summed E-state index contributed by atoms with van der Waals surface area (Å²) in [6.45, 7) is 8.57. The maximum atomic E-state index is 11.6. The van der Waals surface area contributed by atoms with Crippen LogP contribution in [0.25, 0.3) is 0 Å². The van der Waals surface area contributed by atoms with Crippen molar-refractivity contribution in [3.8, 4) is 0 Å². The SMILES string of the molecule is COC(=O)C(Cn1nc(C)cc1C)C(C)C. The minimum atomic E-state index is -0.164. The number of rotatable bonds is 4. The highest BCUT2D eigenvalue weighted by Crippen LogP contribution is 2.16. The quantitative estimate of drug-likeness (QED) is 0.734. The molecular formula is C12H20N2O2. The summed E-state index contributed by atoms with van der Waals surface area (Å²) in [5.41, 5.74) is 2.05. The fourth-order valence-corrected chi connectivity index (χ4v) is 1.75. The van der Waals surface area contributed by atoms with Gasteiger partial charge in [-0.05, 0) is 25.8 Å². The van der Waals surface area contributed by atoms with Crippen LogP contribution in [0.5, 0.6) is 0 Å². The first-order chi connectivity index (χ1) is 7.45. The highest BCUT2D eigenvalue weighted by molar-refractivity contribution is 5.72. The second-order valence-corrected chi connectivity index (χ2v) is 4.48. The second-order valence-electron chi connectivity index (χ2n) is 4.48. The average Bonchev–Trinajstić information content (AvgIpc) is 2.52. The van der Waals surface area contributed by atoms with E-state index in [0.717, 1.165) is 11.4 Å². The highest BCUT2D eigenvalue weighted by Gasteiger charge is 2.24. The van der Waals surface area contributed by atoms with Crippen LogP contribution in [0, 0.1) is 25.7 Å². The van der Waals surface area contributed by atoms with Crippen LogP contribution in [0.2, 0.25) is 0 Å². The van der Waals surface area contributed by atoms with Crippen molar-refractivity contribution in [2.45, 2.75) is 34.2 Å². The summed E-state index contributed by atoms with van der Waals surface area (Å²) in [6.07, 6.45) is 0. The van der Waals surface area contributed by atoms with Crippen molar-refractivity contribution >= 4 is 5.97 Å². The molecule has 0 radical (unpaired) electrons. The minimum Gasteiger partial charge on any atom is -0.469 e. The van der Waals surface area contributed by atoms with Crippen LogP contribution in [-0.4, -0.2) is 22.9 Å². The van der Waals surface area contributed by atoms with Gasteiger partial charge in [0, 0.05) is 5.69 Å². The number of hydrogen-bond acceptors (Lipinski definition) is 3. The molecule has 4 heteroatoms. The molecule has 1 heterocycles. The van der Waals surface area contributed by atoms with Gasteiger partial charge in [-0.2, -0.15) is 5.10 Å². The fourth-order valence-electron chi connectivity index (χ4n) is 1.75. The third-order valence-electron chi connectivity index (χ3n) is 2.78. The van der Waals surface area contributed by atoms with Crippen LogP contribution in [0.3, 0.4) is 0 Å². The lowest BCUT2D eigenvalue weighted by molar-refractivity contribution is -0.147. The summed E-state index contributed by atoms with van der Waals surface area (Å²) in [4.78, 5) is 11.6. The number of nitrogens with zero attached hydrogens (tertiary/aromatic N) is 2. The van der Waals surface area contributed by atoms with Gasteiger partial charge in [0.15, 0.2) is 0 Å². The van der Waals surface area contributed by atoms with Crippen LogP contribution >= 0.6 is 0 Å². The third kappa shape index (κ3) is 2.84. The van der Waals surface area contributed by atoms with E-state index in [1.807, 2.05) is 38.4 Å². The molecule has 1 unspecified atom stereocenters. The van der Waals surface area contributed by atoms with Gasteiger partial charge in [0.1, 0.15) is 0 Å². The average molecular weight is 224 g/mol. The van der Waals surface area contributed by atoms with Gasteiger partial charge in [0.05, 0.1) is 25.3 Å². The van der Waals surface area contributed by atoms with E-state index in [0.29, 0.717) is 6.54 Å². The molecule has 0 amide bonds. The molecule has 0 aliphatic rings. The van der Waals surface area contributed by atoms with Gasteiger partial charge in [0.2, 0.25) is 0 Å². The van der Waals surface area contributed by atoms with Crippen molar-refractivity contribution in [1.29, 1.82) is 0 Å². The first kappa shape index (κ1) is 12.7. The Bertz CT molecular complexity index is 369. The lowest BCUT2D eigenvalue weighted by Crippen LogP contribution is -2.27. The summed E-state index contributed by atoms with van der Waals surface area (Å²) in [7, 11) is 1.43. The van der Waals surface area contributed by atoms with E-state index in [9.17, 15) is 4.79 Å². The van der Waals surface area contributed by atoms with Crippen molar-refractivity contribution < 1.29 is 9.53 Å². The molecule has 0 saturated carbocycles. The molecule has 0 bridgehead atoms. The van der Waals surface area contributed by atoms with E-state index in [4.69, 9.17) is 4.74 Å². The predicted molar refractivity (Wildman–Crippen MR) is 62.0 cm³/mol. The smallest absolute Gasteiger partial charge is 0.310 e. The second kappa shape index (κ2) is 5.14. The molecule has 16 heavy (non-hydrogen) atoms. The summed E-state index contributed by atoms with van der Waals surface area (Å²) < 4.78 is 6.68. The van der Waals surface area contributed by atoms with Gasteiger partial charge in [-0.15, -0.1) is 0 Å². The normalized spacial score (nSPS) is 12.9. The van der Waals surface area contributed by atoms with E-state index in [1.54, 1.807) is 0 Å². The van der Waals surface area contributed by atoms with Gasteiger partial charge >= 0.3 is 5.97 Å². The predicted octanol–water partition coefficient (Wildman–Crippen LogP) is 1.95. The molecule has 1 aromatic heterocycles. The summed E-state index contributed by atoms with van der Waals surface area (Å²) >= 11 is 0. The minimum absolute atomic E-state index is 0.136. The fraction of sp³-hybridized carbons (Fsp3) is 0.667. The zero-order valence-electron chi connectivity index (χ0n) is 10.7. The van der Waals surface area contributed by atoms with Crippen LogP contribution in [-0.2, 0) is 16.1 Å². The zero-order valence-corrected chi connectivity index (χ0v) is 10.7. The Morgan fingerprint density at radius 3 is 2.50 bits per heavy atom. The van der Waals surface area contributed by atoms with E-state index in [-0.39, 0.29) is 17.8 Å². The summed E-state index contributed by atoms with van der Waals surface area (Å²) in [5, 5.41) is 4.36. The van der Waals surface area contributed by atoms with Crippen LogP contribution in [0.1, 0.15) is 25.2 Å². The van der Waals surface area contributed by atoms with Gasteiger partial charge in [-0.1, -0.05) is 13.8 Å². The standard InChI is InChI=1S/C12H20N2O2/c1-8(2)11(12(15)16-5)7-14-10(4)6-9(3)13-14/h6,8,11H,7H2,1-5H3. The Morgan fingerprint density at radius 2 is 2.12 bits per heavy atom. The number of aryl methyl sites for hydroxylation is 2. The Morgan fingerprint density at radius 1 is 1.50 bits per heavy atom. The van der Waals surface area contributed by atoms with E-state index >= 15 is 0 Å². The number of ether oxygens (including phenoxy) is 1. The Kier molecular flexibility index (Phi) is 4.10. The van der Waals surface area contributed by atoms with Gasteiger partial charge in [-0.3, -0.25) is 9.48 Å². The lowest BCUT2D eigenvalue weighted by atomic mass is 9.96. The molecule has 1 aromatic rings. The molecule has 0 saturated heterocycles. The molecule has 4 nitrogen and oxygen atoms in total. The molecule has 0 spiro atoms. The monoisotopic (exact) mass is 224 g/mol. The number of esters is 1. The Balaban J connectivity index is 2.83. The number of hydrogen-bond donors (Lipinski definition) is 0. The van der Waals surface area contributed by atoms with Crippen molar-refractivity contribution in [2.24, 2.45) is 11.8 Å². The maximum absolute atomic E-state index is 11.6. The van der Waals surface area contributed by atoms with E-state index in [2.05, 4.69) is 5.10 Å². The largest absolute Gasteiger partial charge is 0.469 e.